The van der Waals surface area contributed by atoms with E-state index < -0.39 is 18.2 Å². The molecule has 3 heterocycles. The van der Waals surface area contributed by atoms with Gasteiger partial charge in [0.05, 0.1) is 50.0 Å². The topological polar surface area (TPSA) is 175 Å². The molecule has 1 aliphatic heterocycles. The predicted octanol–water partition coefficient (Wildman–Crippen LogP) is 6.59. The number of aromatic amines is 2. The first kappa shape index (κ1) is 38.4. The number of H-pyrrole nitrogens is 2. The highest BCUT2D eigenvalue weighted by atomic mass is 16.5. The number of likely N-dealkylation sites (tertiary alicyclic amines) is 1. The van der Waals surface area contributed by atoms with E-state index in [9.17, 15) is 19.2 Å². The van der Waals surface area contributed by atoms with Gasteiger partial charge in [0.1, 0.15) is 17.7 Å². The molecule has 2 aromatic carbocycles. The van der Waals surface area contributed by atoms with Crippen LogP contribution in [0.2, 0.25) is 0 Å². The molecule has 2 aromatic heterocycles. The third-order valence-electron chi connectivity index (χ3n) is 11.4. The Kier molecular flexibility index (Phi) is 11.0. The summed E-state index contributed by atoms with van der Waals surface area (Å²) in [5.74, 6) is 0.851. The van der Waals surface area contributed by atoms with Gasteiger partial charge in [0.2, 0.25) is 11.8 Å². The van der Waals surface area contributed by atoms with Crippen LogP contribution in [0.4, 0.5) is 9.59 Å². The lowest BCUT2D eigenvalue weighted by Crippen LogP contribution is -2.53. The van der Waals surface area contributed by atoms with Crippen molar-refractivity contribution >= 4 is 24.0 Å². The number of aromatic nitrogens is 4. The standard InChI is InChI=1S/C42H50N8O6/c1-23(2)36(47-41(53)55-5)40(52)49-19-7-8-33(49)37-43-21-31(45-37)27-13-9-25(10-14-27)26-11-15-28(16-12-26)32-22-44-38(46-32)34-29-17-18-30(20-29)35(34)39(51)50(24(3)4)48-42(54)56-6/h9-18,21-24,29-30,33-36H,7-8,19-20H2,1-6H3,(H,43,45)(H,44,46)(H,47,53)(H,48,54)/t29?,30?,33-,34-,35+,36-/m0/s1. The molecule has 1 saturated carbocycles. The number of methoxy groups -OCH3 is 2. The lowest BCUT2D eigenvalue weighted by atomic mass is 9.81. The summed E-state index contributed by atoms with van der Waals surface area (Å²) < 4.78 is 9.53. The Balaban J connectivity index is 1.02. The minimum Gasteiger partial charge on any atom is -0.453 e. The summed E-state index contributed by atoms with van der Waals surface area (Å²) in [6, 6.07) is 15.4. The van der Waals surface area contributed by atoms with E-state index in [1.807, 2.05) is 33.9 Å². The average Bonchev–Trinajstić information content (AvgIpc) is 4.06. The van der Waals surface area contributed by atoms with Crippen LogP contribution in [-0.4, -0.2) is 86.7 Å². The van der Waals surface area contributed by atoms with Crippen molar-refractivity contribution in [1.29, 1.82) is 0 Å². The van der Waals surface area contributed by atoms with Crippen LogP contribution in [0.15, 0.2) is 73.1 Å². The number of hydrogen-bond acceptors (Lipinski definition) is 8. The van der Waals surface area contributed by atoms with Crippen LogP contribution in [0, 0.1) is 23.7 Å². The zero-order chi connectivity index (χ0) is 39.7. The summed E-state index contributed by atoms with van der Waals surface area (Å²) >= 11 is 0. The van der Waals surface area contributed by atoms with Gasteiger partial charge in [-0.25, -0.2) is 30.0 Å². The van der Waals surface area contributed by atoms with Gasteiger partial charge in [-0.15, -0.1) is 0 Å². The van der Waals surface area contributed by atoms with Crippen LogP contribution in [-0.2, 0) is 19.1 Å². The molecule has 0 radical (unpaired) electrons. The number of amides is 4. The van der Waals surface area contributed by atoms with E-state index in [4.69, 9.17) is 14.5 Å². The van der Waals surface area contributed by atoms with E-state index in [0.29, 0.717) is 6.54 Å². The number of carbonyl (C=O) groups is 4. The van der Waals surface area contributed by atoms with Crippen molar-refractivity contribution in [2.45, 2.75) is 71.0 Å². The number of imidazole rings is 2. The maximum Gasteiger partial charge on any atom is 0.425 e. The second-order valence-corrected chi connectivity index (χ2v) is 15.5. The molecule has 2 unspecified atom stereocenters. The number of hydrazine groups is 1. The number of hydrogen-bond donors (Lipinski definition) is 4. The Hall–Kier alpha value is -5.92. The molecule has 56 heavy (non-hydrogen) atoms. The fourth-order valence-electron chi connectivity index (χ4n) is 8.46. The van der Waals surface area contributed by atoms with Gasteiger partial charge in [-0.05, 0) is 73.1 Å². The smallest absolute Gasteiger partial charge is 0.425 e. The SMILES string of the molecule is COC(=O)N[C@H](C(=O)N1CCC[C@H]1c1ncc(-c2ccc(-c3ccc(-c4cnc([C@H]5C6C=CC(C6)[C@H]5C(=O)N(NC(=O)OC)C(C)C)[nH]4)cc3)cc2)[nH]1)C(C)C. The summed E-state index contributed by atoms with van der Waals surface area (Å²) in [7, 11) is 2.57. The number of allylic oxidation sites excluding steroid dienone is 2. The van der Waals surface area contributed by atoms with Gasteiger partial charge in [0.25, 0.3) is 0 Å². The lowest BCUT2D eigenvalue weighted by Gasteiger charge is -2.33. The number of nitrogens with one attached hydrogen (secondary N) is 4. The summed E-state index contributed by atoms with van der Waals surface area (Å²) in [5.41, 5.74) is 8.39. The number of rotatable bonds is 10. The van der Waals surface area contributed by atoms with Crippen molar-refractivity contribution in [3.8, 4) is 33.6 Å². The first-order valence-corrected chi connectivity index (χ1v) is 19.3. The van der Waals surface area contributed by atoms with Gasteiger partial charge >= 0.3 is 12.2 Å². The van der Waals surface area contributed by atoms with Gasteiger partial charge in [0, 0.05) is 18.5 Å². The van der Waals surface area contributed by atoms with Gasteiger partial charge in [-0.1, -0.05) is 74.5 Å². The number of carbonyl (C=O) groups excluding carboxylic acids is 4. The fourth-order valence-corrected chi connectivity index (χ4v) is 8.46. The van der Waals surface area contributed by atoms with Crippen LogP contribution < -0.4 is 10.7 Å². The minimum atomic E-state index is -0.689. The summed E-state index contributed by atoms with van der Waals surface area (Å²) in [6.45, 7) is 8.11. The molecule has 7 rings (SSSR count). The van der Waals surface area contributed by atoms with E-state index in [2.05, 4.69) is 86.4 Å². The first-order valence-electron chi connectivity index (χ1n) is 19.3. The van der Waals surface area contributed by atoms with E-state index >= 15 is 0 Å². The van der Waals surface area contributed by atoms with Crippen LogP contribution in [0.25, 0.3) is 33.6 Å². The van der Waals surface area contributed by atoms with E-state index in [-0.39, 0.29) is 53.5 Å². The van der Waals surface area contributed by atoms with Crippen molar-refractivity contribution in [2.75, 3.05) is 20.8 Å². The zero-order valence-corrected chi connectivity index (χ0v) is 32.6. The number of alkyl carbamates (subject to hydrolysis) is 1. The van der Waals surface area contributed by atoms with Crippen molar-refractivity contribution in [1.82, 2.24) is 40.6 Å². The molecule has 4 aromatic rings. The van der Waals surface area contributed by atoms with Crippen LogP contribution in [0.1, 0.15) is 70.6 Å². The van der Waals surface area contributed by atoms with Crippen LogP contribution in [0.5, 0.6) is 0 Å². The van der Waals surface area contributed by atoms with Crippen molar-refractivity contribution in [3.05, 3.63) is 84.7 Å². The molecule has 6 atom stereocenters. The normalized spacial score (nSPS) is 21.7. The molecule has 294 valence electrons. The Morgan fingerprint density at radius 2 is 1.34 bits per heavy atom. The Morgan fingerprint density at radius 1 is 0.786 bits per heavy atom. The highest BCUT2D eigenvalue weighted by Crippen LogP contribution is 2.53. The molecule has 2 fully saturated rings. The average molecular weight is 763 g/mol. The maximum absolute atomic E-state index is 13.9. The summed E-state index contributed by atoms with van der Waals surface area (Å²) in [5, 5.41) is 4.07. The second kappa shape index (κ2) is 16.0. The van der Waals surface area contributed by atoms with E-state index in [1.165, 1.54) is 19.2 Å². The van der Waals surface area contributed by atoms with E-state index in [1.54, 1.807) is 11.1 Å². The maximum atomic E-state index is 13.9. The largest absolute Gasteiger partial charge is 0.453 e. The van der Waals surface area contributed by atoms with Gasteiger partial charge < -0.3 is 29.7 Å². The van der Waals surface area contributed by atoms with Crippen LogP contribution in [0.3, 0.4) is 0 Å². The van der Waals surface area contributed by atoms with Crippen molar-refractivity contribution < 1.29 is 28.7 Å². The minimum absolute atomic E-state index is 0.0712. The lowest BCUT2D eigenvalue weighted by molar-refractivity contribution is -0.142. The third kappa shape index (κ3) is 7.52. The predicted molar refractivity (Wildman–Crippen MR) is 209 cm³/mol. The summed E-state index contributed by atoms with van der Waals surface area (Å²) in [4.78, 5) is 69.6. The first-order chi connectivity index (χ1) is 27.0. The molecule has 14 heteroatoms. The number of ether oxygens (including phenoxy) is 2. The molecular formula is C42H50N8O6. The molecule has 0 spiro atoms. The highest BCUT2D eigenvalue weighted by Gasteiger charge is 2.51. The zero-order valence-electron chi connectivity index (χ0n) is 32.6. The summed E-state index contributed by atoms with van der Waals surface area (Å²) in [6.07, 6.45) is 9.12. The molecule has 2 bridgehead atoms. The van der Waals surface area contributed by atoms with Gasteiger partial charge in [0.15, 0.2) is 0 Å². The molecule has 4 amide bonds. The number of fused-ring (bicyclic) bond motifs is 2. The molecule has 2 aliphatic carbocycles. The molecule has 14 nitrogen and oxygen atoms in total. The number of benzene rings is 2. The Morgan fingerprint density at radius 3 is 1.91 bits per heavy atom. The Labute approximate surface area is 326 Å². The quantitative estimate of drug-likeness (QED) is 0.103. The van der Waals surface area contributed by atoms with E-state index in [0.717, 1.165) is 64.6 Å². The van der Waals surface area contributed by atoms with Crippen molar-refractivity contribution in [2.24, 2.45) is 23.7 Å². The molecule has 1 saturated heterocycles. The monoisotopic (exact) mass is 762 g/mol. The molecule has 4 N–H and O–H groups in total. The Bertz CT molecular complexity index is 2090. The molecule has 3 aliphatic rings. The fraction of sp³-hybridized carbons (Fsp3) is 0.429. The molecular weight excluding hydrogens is 713 g/mol. The number of nitrogens with zero attached hydrogens (tertiary/aromatic N) is 4. The van der Waals surface area contributed by atoms with Gasteiger partial charge in [-0.3, -0.25) is 9.59 Å². The second-order valence-electron chi connectivity index (χ2n) is 15.5. The van der Waals surface area contributed by atoms with Crippen LogP contribution >= 0.6 is 0 Å². The van der Waals surface area contributed by atoms with Crippen molar-refractivity contribution in [3.63, 3.8) is 0 Å². The highest BCUT2D eigenvalue weighted by molar-refractivity contribution is 5.86. The third-order valence-corrected chi connectivity index (χ3v) is 11.4. The van der Waals surface area contributed by atoms with Gasteiger partial charge in [-0.2, -0.15) is 0 Å².